The third kappa shape index (κ3) is 4.83. The SMILES string of the molecule is Cc1ccc(OCc2nc(-c3ccc(C(=O)Nc4ccccc4C)cc3)oc2C)cc1. The van der Waals surface area contributed by atoms with Crippen molar-refractivity contribution in [2.75, 3.05) is 5.32 Å². The number of rotatable bonds is 6. The molecule has 0 saturated carbocycles. The summed E-state index contributed by atoms with van der Waals surface area (Å²) >= 11 is 0. The molecule has 4 rings (SSSR count). The highest BCUT2D eigenvalue weighted by atomic mass is 16.5. The van der Waals surface area contributed by atoms with Crippen LogP contribution in [0.25, 0.3) is 11.5 Å². The van der Waals surface area contributed by atoms with E-state index < -0.39 is 0 Å². The van der Waals surface area contributed by atoms with Gasteiger partial charge in [0.2, 0.25) is 5.89 Å². The second kappa shape index (κ2) is 8.88. The number of nitrogens with one attached hydrogen (secondary N) is 1. The van der Waals surface area contributed by atoms with Crippen molar-refractivity contribution in [1.29, 1.82) is 0 Å². The Morgan fingerprint density at radius 3 is 2.35 bits per heavy atom. The molecule has 156 valence electrons. The first-order valence-electron chi connectivity index (χ1n) is 10.1. The normalized spacial score (nSPS) is 10.7. The molecular formula is C26H24N2O3. The topological polar surface area (TPSA) is 64.4 Å². The minimum Gasteiger partial charge on any atom is -0.487 e. The van der Waals surface area contributed by atoms with Crippen LogP contribution in [-0.2, 0) is 6.61 Å². The van der Waals surface area contributed by atoms with Gasteiger partial charge in [0.05, 0.1) is 0 Å². The predicted octanol–water partition coefficient (Wildman–Crippen LogP) is 6.10. The number of nitrogens with zero attached hydrogens (tertiary/aromatic N) is 1. The number of hydrogen-bond donors (Lipinski definition) is 1. The van der Waals surface area contributed by atoms with E-state index in [2.05, 4.69) is 10.3 Å². The van der Waals surface area contributed by atoms with Crippen molar-refractivity contribution < 1.29 is 13.9 Å². The predicted molar refractivity (Wildman–Crippen MR) is 121 cm³/mol. The van der Waals surface area contributed by atoms with E-state index in [-0.39, 0.29) is 5.91 Å². The zero-order chi connectivity index (χ0) is 21.8. The lowest BCUT2D eigenvalue weighted by atomic mass is 10.1. The Labute approximate surface area is 181 Å². The molecule has 0 radical (unpaired) electrons. The van der Waals surface area contributed by atoms with E-state index in [9.17, 15) is 4.79 Å². The minimum absolute atomic E-state index is 0.156. The monoisotopic (exact) mass is 412 g/mol. The summed E-state index contributed by atoms with van der Waals surface area (Å²) in [5, 5.41) is 2.94. The Morgan fingerprint density at radius 1 is 0.935 bits per heavy atom. The van der Waals surface area contributed by atoms with Gasteiger partial charge >= 0.3 is 0 Å². The standard InChI is InChI=1S/C26H24N2O3/c1-17-8-14-22(15-9-17)30-16-24-19(3)31-26(28-24)21-12-10-20(11-13-21)25(29)27-23-7-5-4-6-18(23)2/h4-15H,16H2,1-3H3,(H,27,29). The van der Waals surface area contributed by atoms with Crippen LogP contribution in [0.5, 0.6) is 5.75 Å². The van der Waals surface area contributed by atoms with Crippen molar-refractivity contribution in [2.45, 2.75) is 27.4 Å². The fraction of sp³-hybridized carbons (Fsp3) is 0.154. The molecule has 0 saturated heterocycles. The fourth-order valence-corrected chi connectivity index (χ4v) is 3.14. The summed E-state index contributed by atoms with van der Waals surface area (Å²) in [6.07, 6.45) is 0. The average molecular weight is 412 g/mol. The van der Waals surface area contributed by atoms with Crippen LogP contribution in [-0.4, -0.2) is 10.9 Å². The summed E-state index contributed by atoms with van der Waals surface area (Å²) < 4.78 is 11.6. The Bertz CT molecular complexity index is 1190. The Morgan fingerprint density at radius 2 is 1.65 bits per heavy atom. The number of aromatic nitrogens is 1. The van der Waals surface area contributed by atoms with Gasteiger partial charge in [-0.1, -0.05) is 35.9 Å². The third-order valence-corrected chi connectivity index (χ3v) is 5.08. The molecule has 5 heteroatoms. The van der Waals surface area contributed by atoms with Gasteiger partial charge in [-0.3, -0.25) is 4.79 Å². The molecule has 0 fully saturated rings. The van der Waals surface area contributed by atoms with Crippen molar-refractivity contribution >= 4 is 11.6 Å². The highest BCUT2D eigenvalue weighted by Crippen LogP contribution is 2.24. The van der Waals surface area contributed by atoms with Crippen molar-refractivity contribution in [2.24, 2.45) is 0 Å². The lowest BCUT2D eigenvalue weighted by molar-refractivity contribution is 0.102. The molecule has 1 aromatic heterocycles. The van der Waals surface area contributed by atoms with Crippen LogP contribution in [0.1, 0.15) is 32.9 Å². The zero-order valence-electron chi connectivity index (χ0n) is 17.8. The third-order valence-electron chi connectivity index (χ3n) is 5.08. The van der Waals surface area contributed by atoms with Crippen molar-refractivity contribution in [3.63, 3.8) is 0 Å². The van der Waals surface area contributed by atoms with Crippen LogP contribution in [0.4, 0.5) is 5.69 Å². The van der Waals surface area contributed by atoms with Gasteiger partial charge in [-0.2, -0.15) is 0 Å². The van der Waals surface area contributed by atoms with Gasteiger partial charge in [-0.25, -0.2) is 4.98 Å². The van der Waals surface area contributed by atoms with Gasteiger partial charge in [0.25, 0.3) is 5.91 Å². The summed E-state index contributed by atoms with van der Waals surface area (Å²) in [4.78, 5) is 17.1. The maximum absolute atomic E-state index is 12.5. The number of carbonyl (C=O) groups excluding carboxylic acids is 1. The van der Waals surface area contributed by atoms with Crippen LogP contribution >= 0.6 is 0 Å². The minimum atomic E-state index is -0.156. The van der Waals surface area contributed by atoms with Crippen LogP contribution in [0, 0.1) is 20.8 Å². The van der Waals surface area contributed by atoms with Gasteiger partial charge in [0.15, 0.2) is 0 Å². The van der Waals surface area contributed by atoms with E-state index in [4.69, 9.17) is 9.15 Å². The molecular weight excluding hydrogens is 388 g/mol. The molecule has 1 N–H and O–H groups in total. The molecule has 1 heterocycles. The van der Waals surface area contributed by atoms with Crippen LogP contribution in [0.2, 0.25) is 0 Å². The van der Waals surface area contributed by atoms with Gasteiger partial charge in [0.1, 0.15) is 23.8 Å². The molecule has 3 aromatic carbocycles. The lowest BCUT2D eigenvalue weighted by Gasteiger charge is -2.08. The first-order valence-corrected chi connectivity index (χ1v) is 10.1. The van der Waals surface area contributed by atoms with Crippen molar-refractivity contribution in [3.05, 3.63) is 101 Å². The summed E-state index contributed by atoms with van der Waals surface area (Å²) in [5.74, 6) is 1.85. The zero-order valence-corrected chi connectivity index (χ0v) is 17.8. The number of aryl methyl sites for hydroxylation is 3. The first-order chi connectivity index (χ1) is 15.0. The smallest absolute Gasteiger partial charge is 0.255 e. The number of carbonyl (C=O) groups is 1. The molecule has 5 nitrogen and oxygen atoms in total. The van der Waals surface area contributed by atoms with E-state index in [0.717, 1.165) is 28.3 Å². The lowest BCUT2D eigenvalue weighted by Crippen LogP contribution is -2.12. The fourth-order valence-electron chi connectivity index (χ4n) is 3.14. The molecule has 0 atom stereocenters. The highest BCUT2D eigenvalue weighted by molar-refractivity contribution is 6.04. The average Bonchev–Trinajstić information content (AvgIpc) is 3.15. The van der Waals surface area contributed by atoms with E-state index in [1.165, 1.54) is 5.56 Å². The van der Waals surface area contributed by atoms with Crippen molar-refractivity contribution in [1.82, 2.24) is 4.98 Å². The number of hydrogen-bond acceptors (Lipinski definition) is 4. The van der Waals surface area contributed by atoms with E-state index in [1.54, 1.807) is 12.1 Å². The van der Waals surface area contributed by atoms with Gasteiger partial charge in [0, 0.05) is 16.8 Å². The maximum Gasteiger partial charge on any atom is 0.255 e. The van der Waals surface area contributed by atoms with Gasteiger partial charge < -0.3 is 14.5 Å². The van der Waals surface area contributed by atoms with E-state index in [0.29, 0.717) is 23.8 Å². The molecule has 0 aliphatic heterocycles. The van der Waals surface area contributed by atoms with Crippen molar-refractivity contribution in [3.8, 4) is 17.2 Å². The summed E-state index contributed by atoms with van der Waals surface area (Å²) in [6.45, 7) is 6.20. The Hall–Kier alpha value is -3.86. The second-order valence-corrected chi connectivity index (χ2v) is 7.47. The number of amides is 1. The van der Waals surface area contributed by atoms with Crippen LogP contribution in [0.15, 0.2) is 77.2 Å². The molecule has 1 amide bonds. The summed E-state index contributed by atoms with van der Waals surface area (Å²) in [5.41, 5.74) is 5.12. The summed E-state index contributed by atoms with van der Waals surface area (Å²) in [7, 11) is 0. The van der Waals surface area contributed by atoms with Crippen LogP contribution < -0.4 is 10.1 Å². The highest BCUT2D eigenvalue weighted by Gasteiger charge is 2.14. The van der Waals surface area contributed by atoms with E-state index >= 15 is 0 Å². The second-order valence-electron chi connectivity index (χ2n) is 7.47. The number of ether oxygens (including phenoxy) is 1. The number of oxazole rings is 1. The summed E-state index contributed by atoms with van der Waals surface area (Å²) in [6, 6.07) is 22.8. The number of anilines is 1. The number of benzene rings is 3. The number of para-hydroxylation sites is 1. The molecule has 0 aliphatic carbocycles. The van der Waals surface area contributed by atoms with Gasteiger partial charge in [-0.05, 0) is 68.8 Å². The largest absolute Gasteiger partial charge is 0.487 e. The quantitative estimate of drug-likeness (QED) is 0.416. The van der Waals surface area contributed by atoms with Gasteiger partial charge in [-0.15, -0.1) is 0 Å². The van der Waals surface area contributed by atoms with E-state index in [1.807, 2.05) is 81.4 Å². The van der Waals surface area contributed by atoms with Crippen LogP contribution in [0.3, 0.4) is 0 Å². The molecule has 0 aliphatic rings. The molecule has 31 heavy (non-hydrogen) atoms. The Balaban J connectivity index is 1.44. The first kappa shape index (κ1) is 20.4. The molecule has 0 unspecified atom stereocenters. The molecule has 0 spiro atoms. The maximum atomic E-state index is 12.5. The Kier molecular flexibility index (Phi) is 5.85. The molecule has 0 bridgehead atoms. The molecule has 4 aromatic rings.